The van der Waals surface area contributed by atoms with Crippen molar-refractivity contribution in [3.05, 3.63) is 0 Å². The summed E-state index contributed by atoms with van der Waals surface area (Å²) in [7, 11) is 0. The molecule has 0 rings (SSSR count). The second-order valence-corrected chi connectivity index (χ2v) is 23.5. The van der Waals surface area contributed by atoms with Gasteiger partial charge in [0, 0.05) is 19.3 Å². The minimum atomic E-state index is -0.764. The zero-order chi connectivity index (χ0) is 51.2. The number of carbonyl (C=O) groups excluding carboxylic acids is 3. The van der Waals surface area contributed by atoms with Crippen LogP contribution in [0.5, 0.6) is 0 Å². The second-order valence-electron chi connectivity index (χ2n) is 23.5. The average Bonchev–Trinajstić information content (AvgIpc) is 3.32. The van der Waals surface area contributed by atoms with Crippen molar-refractivity contribution < 1.29 is 28.6 Å². The molecule has 0 unspecified atom stereocenters. The minimum absolute atomic E-state index is 0.0631. The number of ether oxygens (including phenoxy) is 3. The maximum atomic E-state index is 12.9. The Bertz CT molecular complexity index is 1090. The number of esters is 3. The first-order valence-electron chi connectivity index (χ1n) is 31.6. The van der Waals surface area contributed by atoms with Gasteiger partial charge in [0.15, 0.2) is 6.10 Å². The quantitative estimate of drug-likeness (QED) is 0.0343. The fourth-order valence-electron chi connectivity index (χ4n) is 9.88. The van der Waals surface area contributed by atoms with Crippen LogP contribution in [0.3, 0.4) is 0 Å². The lowest BCUT2D eigenvalue weighted by molar-refractivity contribution is -0.167. The van der Waals surface area contributed by atoms with Gasteiger partial charge in [0.25, 0.3) is 0 Å². The molecule has 0 radical (unpaired) electrons. The summed E-state index contributed by atoms with van der Waals surface area (Å²) in [4.78, 5) is 38.2. The van der Waals surface area contributed by atoms with Gasteiger partial charge in [-0.25, -0.2) is 0 Å². The van der Waals surface area contributed by atoms with Crippen LogP contribution in [0.1, 0.15) is 356 Å². The van der Waals surface area contributed by atoms with Crippen molar-refractivity contribution in [1.29, 1.82) is 0 Å². The van der Waals surface area contributed by atoms with Crippen LogP contribution < -0.4 is 0 Å². The van der Waals surface area contributed by atoms with Crippen molar-refractivity contribution in [3.63, 3.8) is 0 Å². The molecule has 0 aromatic rings. The molecule has 0 aromatic carbocycles. The third kappa shape index (κ3) is 57.3. The standard InChI is InChI=1S/C64H124O6/c1-58(2)50-44-38-32-26-21-17-13-9-7-8-10-15-19-23-29-35-41-47-53-62(65)68-56-61(70-64(67)55-49-43-37-31-25-28-34-40-46-52-60(5)6)57-69-63(66)54-48-42-36-30-24-20-16-12-11-14-18-22-27-33-39-45-51-59(3)4/h58-61H,7-57H2,1-6H3/t61-/m1/s1. The molecule has 0 aliphatic rings. The fourth-order valence-corrected chi connectivity index (χ4v) is 9.88. The van der Waals surface area contributed by atoms with Crippen molar-refractivity contribution in [2.24, 2.45) is 17.8 Å². The number of hydrogen-bond acceptors (Lipinski definition) is 6. The topological polar surface area (TPSA) is 78.9 Å². The Kier molecular flexibility index (Phi) is 53.9. The third-order valence-corrected chi connectivity index (χ3v) is 14.6. The maximum Gasteiger partial charge on any atom is 0.306 e. The molecule has 0 aliphatic heterocycles. The SMILES string of the molecule is CC(C)CCCCCCCCCCCCCCCCCCCCC(=O)OC[C@H](COC(=O)CCCCCCCCCCCCCCCCCCC(C)C)OC(=O)CCCCCCCCCCCC(C)C. The van der Waals surface area contributed by atoms with Gasteiger partial charge in [0.05, 0.1) is 0 Å². The largest absolute Gasteiger partial charge is 0.462 e. The Hall–Kier alpha value is -1.59. The van der Waals surface area contributed by atoms with Crippen molar-refractivity contribution in [2.75, 3.05) is 13.2 Å². The Morgan fingerprint density at radius 2 is 0.414 bits per heavy atom. The Morgan fingerprint density at radius 3 is 0.614 bits per heavy atom. The van der Waals surface area contributed by atoms with E-state index in [0.717, 1.165) is 75.5 Å². The van der Waals surface area contributed by atoms with E-state index >= 15 is 0 Å². The van der Waals surface area contributed by atoms with E-state index in [-0.39, 0.29) is 31.1 Å². The summed E-state index contributed by atoms with van der Waals surface area (Å²) in [5.41, 5.74) is 0. The highest BCUT2D eigenvalue weighted by molar-refractivity contribution is 5.71. The van der Waals surface area contributed by atoms with Crippen LogP contribution in [-0.4, -0.2) is 37.2 Å². The normalized spacial score (nSPS) is 12.1. The van der Waals surface area contributed by atoms with E-state index in [1.807, 2.05) is 0 Å². The highest BCUT2D eigenvalue weighted by Crippen LogP contribution is 2.19. The number of hydrogen-bond donors (Lipinski definition) is 0. The molecule has 1 atom stereocenters. The van der Waals surface area contributed by atoms with Gasteiger partial charge in [0.2, 0.25) is 0 Å². The predicted octanol–water partition coefficient (Wildman–Crippen LogP) is 21.1. The summed E-state index contributed by atoms with van der Waals surface area (Å²) in [6, 6.07) is 0. The molecule has 0 amide bonds. The molecule has 0 heterocycles. The van der Waals surface area contributed by atoms with E-state index < -0.39 is 6.10 Å². The van der Waals surface area contributed by atoms with Gasteiger partial charge in [-0.3, -0.25) is 14.4 Å². The van der Waals surface area contributed by atoms with E-state index in [9.17, 15) is 14.4 Å². The lowest BCUT2D eigenvalue weighted by atomic mass is 10.0. The van der Waals surface area contributed by atoms with Crippen LogP contribution in [-0.2, 0) is 28.6 Å². The van der Waals surface area contributed by atoms with Crippen LogP contribution in [0.2, 0.25) is 0 Å². The molecule has 0 saturated carbocycles. The molecule has 6 heteroatoms. The average molecular weight is 990 g/mol. The summed E-state index contributed by atoms with van der Waals surface area (Å²) in [5.74, 6) is 1.68. The lowest BCUT2D eigenvalue weighted by Gasteiger charge is -2.18. The van der Waals surface area contributed by atoms with Gasteiger partial charge in [-0.2, -0.15) is 0 Å². The Morgan fingerprint density at radius 1 is 0.243 bits per heavy atom. The molecule has 0 N–H and O–H groups in total. The highest BCUT2D eigenvalue weighted by atomic mass is 16.6. The molecule has 70 heavy (non-hydrogen) atoms. The van der Waals surface area contributed by atoms with Crippen LogP contribution in [0.15, 0.2) is 0 Å². The minimum Gasteiger partial charge on any atom is -0.462 e. The summed E-state index contributed by atoms with van der Waals surface area (Å²) in [6.45, 7) is 13.8. The van der Waals surface area contributed by atoms with Crippen LogP contribution >= 0.6 is 0 Å². The van der Waals surface area contributed by atoms with Crippen LogP contribution in [0.25, 0.3) is 0 Å². The molecule has 0 aromatic heterocycles. The number of unbranched alkanes of at least 4 members (excludes halogenated alkanes) is 40. The first-order valence-corrected chi connectivity index (χ1v) is 31.6. The summed E-state index contributed by atoms with van der Waals surface area (Å²) < 4.78 is 16.9. The van der Waals surface area contributed by atoms with Crippen molar-refractivity contribution >= 4 is 17.9 Å². The van der Waals surface area contributed by atoms with E-state index in [1.165, 1.54) is 238 Å². The maximum absolute atomic E-state index is 12.9. The molecular weight excluding hydrogens is 865 g/mol. The fraction of sp³-hybridized carbons (Fsp3) is 0.953. The summed E-state index contributed by atoms with van der Waals surface area (Å²) in [5, 5.41) is 0. The van der Waals surface area contributed by atoms with E-state index in [0.29, 0.717) is 19.3 Å². The Labute approximate surface area is 438 Å². The van der Waals surface area contributed by atoms with Gasteiger partial charge < -0.3 is 14.2 Å². The smallest absolute Gasteiger partial charge is 0.306 e. The molecule has 0 bridgehead atoms. The van der Waals surface area contributed by atoms with Gasteiger partial charge in [-0.15, -0.1) is 0 Å². The zero-order valence-electron chi connectivity index (χ0n) is 48.3. The second kappa shape index (κ2) is 55.2. The lowest BCUT2D eigenvalue weighted by Crippen LogP contribution is -2.30. The molecule has 0 fully saturated rings. The molecular formula is C64H124O6. The van der Waals surface area contributed by atoms with Crippen molar-refractivity contribution in [3.8, 4) is 0 Å². The van der Waals surface area contributed by atoms with Gasteiger partial charge >= 0.3 is 17.9 Å². The summed E-state index contributed by atoms with van der Waals surface area (Å²) >= 11 is 0. The molecule has 0 aliphatic carbocycles. The first-order chi connectivity index (χ1) is 34.1. The molecule has 6 nitrogen and oxygen atoms in total. The van der Waals surface area contributed by atoms with Gasteiger partial charge in [-0.05, 0) is 37.0 Å². The highest BCUT2D eigenvalue weighted by Gasteiger charge is 2.19. The van der Waals surface area contributed by atoms with E-state index in [4.69, 9.17) is 14.2 Å². The molecule has 416 valence electrons. The van der Waals surface area contributed by atoms with Crippen molar-refractivity contribution in [2.45, 2.75) is 362 Å². The first kappa shape index (κ1) is 68.4. The van der Waals surface area contributed by atoms with E-state index in [1.54, 1.807) is 0 Å². The van der Waals surface area contributed by atoms with E-state index in [2.05, 4.69) is 41.5 Å². The predicted molar refractivity (Wildman–Crippen MR) is 303 cm³/mol. The van der Waals surface area contributed by atoms with Gasteiger partial charge in [0.1, 0.15) is 13.2 Å². The third-order valence-electron chi connectivity index (χ3n) is 14.6. The monoisotopic (exact) mass is 989 g/mol. The molecule has 0 saturated heterocycles. The number of carbonyl (C=O) groups is 3. The van der Waals surface area contributed by atoms with Crippen molar-refractivity contribution in [1.82, 2.24) is 0 Å². The van der Waals surface area contributed by atoms with Crippen LogP contribution in [0.4, 0.5) is 0 Å². The number of rotatable bonds is 57. The van der Waals surface area contributed by atoms with Gasteiger partial charge in [-0.1, -0.05) is 318 Å². The molecule has 0 spiro atoms. The zero-order valence-corrected chi connectivity index (χ0v) is 48.3. The van der Waals surface area contributed by atoms with Crippen LogP contribution in [0, 0.1) is 17.8 Å². The summed E-state index contributed by atoms with van der Waals surface area (Å²) in [6.07, 6.45) is 59.7. The Balaban J connectivity index is 4.22.